The van der Waals surface area contributed by atoms with Gasteiger partial charge in [-0.3, -0.25) is 14.6 Å². The van der Waals surface area contributed by atoms with Crippen LogP contribution in [0.25, 0.3) is 11.1 Å². The number of nitrogens with zero attached hydrogens (tertiary/aromatic N) is 6. The number of carbonyl (C=O) groups is 1. The molecule has 0 amide bonds. The van der Waals surface area contributed by atoms with Crippen molar-refractivity contribution in [2.45, 2.75) is 31.5 Å². The lowest BCUT2D eigenvalue weighted by molar-refractivity contribution is -0.138. The van der Waals surface area contributed by atoms with E-state index in [2.05, 4.69) is 25.2 Å². The van der Waals surface area contributed by atoms with E-state index in [9.17, 15) is 14.3 Å². The molecule has 2 aromatic heterocycles. The molecule has 5 rings (SSSR count). The van der Waals surface area contributed by atoms with Crippen molar-refractivity contribution < 1.29 is 19.4 Å². The third kappa shape index (κ3) is 6.89. The summed E-state index contributed by atoms with van der Waals surface area (Å²) in [7, 11) is 0. The van der Waals surface area contributed by atoms with Crippen LogP contribution in [0, 0.1) is 5.82 Å². The normalized spacial score (nSPS) is 20.1. The number of halogens is 1. The second-order valence-electron chi connectivity index (χ2n) is 10.4. The third-order valence-corrected chi connectivity index (χ3v) is 7.42. The predicted molar refractivity (Wildman–Crippen MR) is 150 cm³/mol. The molecule has 2 saturated heterocycles. The number of nitrogens with one attached hydrogen (secondary N) is 1. The highest BCUT2D eigenvalue weighted by Gasteiger charge is 2.32. The van der Waals surface area contributed by atoms with Crippen LogP contribution >= 0.6 is 0 Å². The fraction of sp³-hybridized carbons (Fsp3) is 0.429. The van der Waals surface area contributed by atoms with Crippen molar-refractivity contribution in [3.05, 3.63) is 60.3 Å². The van der Waals surface area contributed by atoms with E-state index in [-0.39, 0.29) is 18.4 Å². The Bertz CT molecular complexity index is 1300. The van der Waals surface area contributed by atoms with Crippen LogP contribution in [-0.2, 0) is 11.3 Å². The lowest BCUT2D eigenvalue weighted by Crippen LogP contribution is -2.47. The van der Waals surface area contributed by atoms with Gasteiger partial charge >= 0.3 is 5.97 Å². The quantitative estimate of drug-likeness (QED) is 0.294. The lowest BCUT2D eigenvalue weighted by atomic mass is 10.1. The van der Waals surface area contributed by atoms with E-state index in [0.29, 0.717) is 69.6 Å². The van der Waals surface area contributed by atoms with Gasteiger partial charge in [-0.25, -0.2) is 19.3 Å². The van der Waals surface area contributed by atoms with Gasteiger partial charge in [-0.1, -0.05) is 0 Å². The van der Waals surface area contributed by atoms with E-state index in [1.165, 1.54) is 6.07 Å². The number of aliphatic hydroxyl groups is 1. The largest absolute Gasteiger partial charge is 0.480 e. The minimum absolute atomic E-state index is 0.0295. The molecule has 2 aliphatic heterocycles. The molecule has 2 aliphatic rings. The fourth-order valence-electron chi connectivity index (χ4n) is 5.36. The van der Waals surface area contributed by atoms with Gasteiger partial charge < -0.3 is 26.2 Å². The number of benzene rings is 1. The Hall–Kier alpha value is -3.71. The average Bonchev–Trinajstić information content (AvgIpc) is 3.31. The maximum atomic E-state index is 14.6. The first kappa shape index (κ1) is 27.8. The molecule has 0 spiro atoms. The highest BCUT2D eigenvalue weighted by molar-refractivity contribution is 5.69. The summed E-state index contributed by atoms with van der Waals surface area (Å²) >= 11 is 0. The molecule has 2 fully saturated rings. The van der Waals surface area contributed by atoms with Gasteiger partial charge in [-0.15, -0.1) is 0 Å². The zero-order valence-electron chi connectivity index (χ0n) is 22.3. The van der Waals surface area contributed by atoms with Crippen LogP contribution in [0.15, 0.2) is 48.9 Å². The smallest absolute Gasteiger partial charge is 0.317 e. The summed E-state index contributed by atoms with van der Waals surface area (Å²) in [6.07, 6.45) is 6.25. The number of piperazine rings is 1. The van der Waals surface area contributed by atoms with Gasteiger partial charge in [-0.2, -0.15) is 0 Å². The zero-order valence-corrected chi connectivity index (χ0v) is 22.3. The number of carboxylic acids is 1. The van der Waals surface area contributed by atoms with Crippen LogP contribution in [0.2, 0.25) is 0 Å². The maximum Gasteiger partial charge on any atom is 0.317 e. The molecular weight excluding hydrogens is 515 g/mol. The van der Waals surface area contributed by atoms with Crippen molar-refractivity contribution >= 4 is 23.4 Å². The van der Waals surface area contributed by atoms with Crippen LogP contribution in [0.1, 0.15) is 18.4 Å². The Labute approximate surface area is 232 Å². The number of hydrogen-bond donors (Lipinski definition) is 4. The molecular formula is C28H35FN8O3. The van der Waals surface area contributed by atoms with E-state index >= 15 is 0 Å². The first-order valence-electron chi connectivity index (χ1n) is 13.5. The molecule has 0 bridgehead atoms. The average molecular weight is 551 g/mol. The number of aliphatic carboxylic acids is 1. The summed E-state index contributed by atoms with van der Waals surface area (Å²) in [5.41, 5.74) is 8.73. The second-order valence-corrected chi connectivity index (χ2v) is 10.4. The summed E-state index contributed by atoms with van der Waals surface area (Å²) in [6.45, 7) is 4.15. The molecule has 2 unspecified atom stereocenters. The predicted octanol–water partition coefficient (Wildman–Crippen LogP) is 1.91. The number of pyridine rings is 1. The summed E-state index contributed by atoms with van der Waals surface area (Å²) in [6, 6.07) is 8.80. The number of aliphatic hydroxyl groups excluding tert-OH is 1. The Morgan fingerprint density at radius 2 is 1.80 bits per heavy atom. The molecule has 0 radical (unpaired) electrons. The minimum atomic E-state index is -0.834. The Kier molecular flexibility index (Phi) is 8.80. The molecule has 40 heavy (non-hydrogen) atoms. The first-order valence-corrected chi connectivity index (χ1v) is 13.5. The van der Waals surface area contributed by atoms with Crippen molar-refractivity contribution in [3.63, 3.8) is 0 Å². The topological polar surface area (TPSA) is 144 Å². The van der Waals surface area contributed by atoms with Crippen LogP contribution in [0.4, 0.5) is 21.8 Å². The number of aromatic nitrogens is 3. The van der Waals surface area contributed by atoms with E-state index in [4.69, 9.17) is 10.8 Å². The number of carboxylic acid groups (broad SMARTS) is 1. The number of hydrogen-bond acceptors (Lipinski definition) is 10. The monoisotopic (exact) mass is 550 g/mol. The second kappa shape index (κ2) is 12.6. The van der Waals surface area contributed by atoms with Crippen molar-refractivity contribution in [2.75, 3.05) is 56.0 Å². The Morgan fingerprint density at radius 3 is 2.52 bits per heavy atom. The van der Waals surface area contributed by atoms with E-state index in [0.717, 1.165) is 23.2 Å². The molecule has 2 atom stereocenters. The van der Waals surface area contributed by atoms with Crippen molar-refractivity contribution in [3.8, 4) is 11.1 Å². The van der Waals surface area contributed by atoms with Gasteiger partial charge in [0.25, 0.3) is 0 Å². The van der Waals surface area contributed by atoms with Gasteiger partial charge in [0, 0.05) is 80.7 Å². The molecule has 4 heterocycles. The fourth-order valence-corrected chi connectivity index (χ4v) is 5.36. The summed E-state index contributed by atoms with van der Waals surface area (Å²) in [4.78, 5) is 30.5. The van der Waals surface area contributed by atoms with E-state index in [1.807, 2.05) is 21.9 Å². The van der Waals surface area contributed by atoms with Crippen molar-refractivity contribution in [1.29, 1.82) is 0 Å². The van der Waals surface area contributed by atoms with Gasteiger partial charge in [0.15, 0.2) is 0 Å². The molecule has 12 heteroatoms. The summed E-state index contributed by atoms with van der Waals surface area (Å²) in [5.74, 6) is 0.0665. The molecule has 1 aromatic carbocycles. The minimum Gasteiger partial charge on any atom is -0.480 e. The Morgan fingerprint density at radius 1 is 1.05 bits per heavy atom. The highest BCUT2D eigenvalue weighted by Crippen LogP contribution is 2.27. The van der Waals surface area contributed by atoms with Crippen LogP contribution < -0.4 is 16.0 Å². The van der Waals surface area contributed by atoms with Crippen molar-refractivity contribution in [1.82, 2.24) is 24.8 Å². The van der Waals surface area contributed by atoms with E-state index < -0.39 is 12.1 Å². The summed E-state index contributed by atoms with van der Waals surface area (Å²) in [5, 5.41) is 22.4. The standard InChI is InChI=1S/C28H35FN8O3/c29-25-2-1-22(11-20(25)16-35-7-9-36(10-8-35)18-27(39)40)34-26-12-19(4-6-31-26)21-14-32-28(33-15-21)37-17-24(38)13-23(37)3-5-30/h1-2,4,6,11-12,14-15,23-24,38H,3,5,7-10,13,16-18,30H2,(H,31,34)(H,39,40). The summed E-state index contributed by atoms with van der Waals surface area (Å²) < 4.78 is 14.6. The number of nitrogens with two attached hydrogens (primary N) is 1. The zero-order chi connectivity index (χ0) is 28.1. The van der Waals surface area contributed by atoms with Gasteiger partial charge in [0.05, 0.1) is 12.6 Å². The first-order chi connectivity index (χ1) is 19.4. The SMILES string of the molecule is NCCC1CC(O)CN1c1ncc(-c2ccnc(Nc3ccc(F)c(CN4CCN(CC(=O)O)CC4)c3)c2)cn1. The number of β-amino-alcohol motifs (C(OH)–C–C–N with tert-alkyl or cyclic N) is 1. The number of rotatable bonds is 10. The molecule has 11 nitrogen and oxygen atoms in total. The van der Waals surface area contributed by atoms with Gasteiger partial charge in [0.2, 0.25) is 5.95 Å². The van der Waals surface area contributed by atoms with Crippen LogP contribution in [-0.4, -0.2) is 98.9 Å². The Balaban J connectivity index is 1.23. The van der Waals surface area contributed by atoms with E-state index in [1.54, 1.807) is 30.7 Å². The third-order valence-electron chi connectivity index (χ3n) is 7.42. The maximum absolute atomic E-state index is 14.6. The highest BCUT2D eigenvalue weighted by atomic mass is 19.1. The molecule has 3 aromatic rings. The molecule has 0 saturated carbocycles. The van der Waals surface area contributed by atoms with Crippen LogP contribution in [0.5, 0.6) is 0 Å². The van der Waals surface area contributed by atoms with Crippen molar-refractivity contribution in [2.24, 2.45) is 5.73 Å². The van der Waals surface area contributed by atoms with Gasteiger partial charge in [0.1, 0.15) is 11.6 Å². The number of anilines is 3. The lowest BCUT2D eigenvalue weighted by Gasteiger charge is -2.33. The van der Waals surface area contributed by atoms with Gasteiger partial charge in [-0.05, 0) is 55.3 Å². The van der Waals surface area contributed by atoms with Crippen LogP contribution in [0.3, 0.4) is 0 Å². The molecule has 0 aliphatic carbocycles. The molecule has 212 valence electrons. The molecule has 5 N–H and O–H groups in total.